The first-order chi connectivity index (χ1) is 21.0. The van der Waals surface area contributed by atoms with Gasteiger partial charge in [0.1, 0.15) is 25.0 Å². The maximum absolute atomic E-state index is 14.0. The fraction of sp³-hybridized carbons (Fsp3) is 0.722. The van der Waals surface area contributed by atoms with Crippen LogP contribution in [0.25, 0.3) is 0 Å². The summed E-state index contributed by atoms with van der Waals surface area (Å²) < 4.78 is 5.38. The largest absolute Gasteiger partial charge is 0.445 e. The highest BCUT2D eigenvalue weighted by atomic mass is 16.5. The van der Waals surface area contributed by atoms with Crippen LogP contribution in [0.3, 0.4) is 0 Å². The van der Waals surface area contributed by atoms with Crippen LogP contribution in [0.15, 0.2) is 30.3 Å². The lowest BCUT2D eigenvalue weighted by Gasteiger charge is -2.39. The van der Waals surface area contributed by atoms with Gasteiger partial charge in [-0.3, -0.25) is 9.59 Å². The molecule has 1 aromatic carbocycles. The Kier molecular flexibility index (Phi) is 16.5. The van der Waals surface area contributed by atoms with Crippen LogP contribution >= 0.6 is 0 Å². The molecule has 0 aliphatic heterocycles. The Morgan fingerprint density at radius 3 is 1.68 bits per heavy atom. The number of carbonyl (C=O) groups excluding carboxylic acids is 4. The zero-order valence-corrected chi connectivity index (χ0v) is 28.2. The summed E-state index contributed by atoms with van der Waals surface area (Å²) in [6.45, 7) is 12.3. The summed E-state index contributed by atoms with van der Waals surface area (Å²) in [7, 11) is 0. The number of benzene rings is 1. The Bertz CT molecular complexity index is 1000. The van der Waals surface area contributed by atoms with Crippen molar-refractivity contribution in [3.8, 4) is 0 Å². The van der Waals surface area contributed by atoms with Gasteiger partial charge in [0.05, 0.1) is 0 Å². The quantitative estimate of drug-likeness (QED) is 0.183. The van der Waals surface area contributed by atoms with Crippen molar-refractivity contribution in [2.75, 3.05) is 0 Å². The second-order valence-corrected chi connectivity index (χ2v) is 14.1. The molecule has 3 N–H and O–H groups in total. The van der Waals surface area contributed by atoms with Crippen LogP contribution in [0.4, 0.5) is 4.79 Å². The van der Waals surface area contributed by atoms with Gasteiger partial charge in [-0.1, -0.05) is 117 Å². The molecule has 2 rings (SSSR count). The number of carbonyl (C=O) groups is 4. The van der Waals surface area contributed by atoms with E-state index in [1.54, 1.807) is 0 Å². The van der Waals surface area contributed by atoms with Gasteiger partial charge in [0, 0.05) is 11.5 Å². The molecule has 1 aromatic rings. The third kappa shape index (κ3) is 13.4. The van der Waals surface area contributed by atoms with Crippen molar-refractivity contribution in [1.29, 1.82) is 0 Å². The van der Waals surface area contributed by atoms with Crippen molar-refractivity contribution in [2.45, 2.75) is 143 Å². The third-order valence-electron chi connectivity index (χ3n) is 8.61. The van der Waals surface area contributed by atoms with Crippen LogP contribution < -0.4 is 16.0 Å². The van der Waals surface area contributed by atoms with E-state index < -0.39 is 29.5 Å². The van der Waals surface area contributed by atoms with Crippen LogP contribution in [0.2, 0.25) is 0 Å². The number of alkyl carbamates (subject to hydrolysis) is 1. The highest BCUT2D eigenvalue weighted by Gasteiger charge is 2.40. The number of amides is 3. The topological polar surface area (TPSA) is 114 Å². The van der Waals surface area contributed by atoms with Gasteiger partial charge in [-0.05, 0) is 55.4 Å². The normalized spacial score (nSPS) is 17.8. The molecule has 0 spiro atoms. The molecule has 3 amide bonds. The fourth-order valence-electron chi connectivity index (χ4n) is 6.23. The van der Waals surface area contributed by atoms with Crippen molar-refractivity contribution in [2.24, 2.45) is 23.2 Å². The summed E-state index contributed by atoms with van der Waals surface area (Å²) in [5.41, 5.74) is 0.231. The van der Waals surface area contributed by atoms with Gasteiger partial charge in [-0.25, -0.2) is 4.79 Å². The lowest BCUT2D eigenvalue weighted by Crippen LogP contribution is -2.58. The van der Waals surface area contributed by atoms with E-state index in [2.05, 4.69) is 29.8 Å². The number of hydrogen-bond acceptors (Lipinski definition) is 5. The van der Waals surface area contributed by atoms with Gasteiger partial charge in [0.15, 0.2) is 0 Å². The van der Waals surface area contributed by atoms with Gasteiger partial charge in [-0.15, -0.1) is 0 Å². The molecule has 44 heavy (non-hydrogen) atoms. The van der Waals surface area contributed by atoms with Crippen molar-refractivity contribution in [3.05, 3.63) is 35.9 Å². The molecule has 1 saturated carbocycles. The molecule has 1 aliphatic rings. The minimum absolute atomic E-state index is 0.0940. The van der Waals surface area contributed by atoms with Gasteiger partial charge < -0.3 is 25.5 Å². The molecule has 0 heterocycles. The zero-order valence-electron chi connectivity index (χ0n) is 28.2. The molecule has 1 fully saturated rings. The Labute approximate surface area is 266 Å². The minimum Gasteiger partial charge on any atom is -0.445 e. The van der Waals surface area contributed by atoms with E-state index in [1.807, 2.05) is 58.0 Å². The molecule has 0 radical (unpaired) electrons. The maximum Gasteiger partial charge on any atom is 0.408 e. The summed E-state index contributed by atoms with van der Waals surface area (Å²) >= 11 is 0. The SMILES string of the molecule is CC(C)C[C@H](NC(=O)OCc1ccccc1)C(=O)N[C@@H](CC(C)C)C(=O)N[C@@H](CC(C)C)C1(C=O)CCCCCCCCC1. The van der Waals surface area contributed by atoms with Crippen molar-refractivity contribution >= 4 is 24.2 Å². The Morgan fingerprint density at radius 2 is 1.18 bits per heavy atom. The van der Waals surface area contributed by atoms with Crippen molar-refractivity contribution in [1.82, 2.24) is 16.0 Å². The maximum atomic E-state index is 14.0. The van der Waals surface area contributed by atoms with Crippen molar-refractivity contribution in [3.63, 3.8) is 0 Å². The van der Waals surface area contributed by atoms with E-state index in [1.165, 1.54) is 19.3 Å². The molecule has 248 valence electrons. The van der Waals surface area contributed by atoms with Gasteiger partial charge in [-0.2, -0.15) is 0 Å². The molecule has 0 bridgehead atoms. The van der Waals surface area contributed by atoms with E-state index in [0.29, 0.717) is 19.3 Å². The fourth-order valence-corrected chi connectivity index (χ4v) is 6.23. The lowest BCUT2D eigenvalue weighted by molar-refractivity contribution is -0.132. The minimum atomic E-state index is -0.855. The third-order valence-corrected chi connectivity index (χ3v) is 8.61. The van der Waals surface area contributed by atoms with Gasteiger partial charge in [0.25, 0.3) is 0 Å². The molecule has 0 unspecified atom stereocenters. The molecule has 0 saturated heterocycles. The second kappa shape index (κ2) is 19.5. The molecule has 3 atom stereocenters. The zero-order chi connectivity index (χ0) is 32.5. The molecule has 8 nitrogen and oxygen atoms in total. The number of ether oxygens (including phenoxy) is 1. The molecule has 1 aliphatic carbocycles. The Balaban J connectivity index is 2.21. The number of nitrogens with one attached hydrogen (secondary N) is 3. The van der Waals surface area contributed by atoms with Crippen molar-refractivity contribution < 1.29 is 23.9 Å². The van der Waals surface area contributed by atoms with E-state index in [4.69, 9.17) is 4.74 Å². The smallest absolute Gasteiger partial charge is 0.408 e. The van der Waals surface area contributed by atoms with E-state index >= 15 is 0 Å². The first kappa shape index (κ1) is 37.3. The Hall–Kier alpha value is -2.90. The van der Waals surface area contributed by atoms with Crippen LogP contribution in [0.5, 0.6) is 0 Å². The standard InChI is InChI=1S/C36H59N3O5/c1-26(2)21-30(37-33(41)31(22-27(3)4)38-35(43)44-24-29-17-13-12-14-18-29)34(42)39-32(23-28(5)6)36(25-40)19-15-10-8-7-9-11-16-20-36/h12-14,17-18,25-28,30-32H,7-11,15-16,19-24H2,1-6H3,(H,37,41)(H,38,43)(H,39,42)/t30-,31-,32-/m0/s1. The average Bonchev–Trinajstić information content (AvgIpc) is 2.97. The summed E-state index contributed by atoms with van der Waals surface area (Å²) in [5, 5.41) is 8.95. The average molecular weight is 614 g/mol. The number of hydrogen-bond donors (Lipinski definition) is 3. The summed E-state index contributed by atoms with van der Waals surface area (Å²) in [6.07, 6.45) is 11.2. The first-order valence-electron chi connectivity index (χ1n) is 17.0. The summed E-state index contributed by atoms with van der Waals surface area (Å²) in [4.78, 5) is 53.1. The molecule has 8 heteroatoms. The molecular weight excluding hydrogens is 554 g/mol. The molecule has 0 aromatic heterocycles. The predicted molar refractivity (Wildman–Crippen MR) is 176 cm³/mol. The number of aldehydes is 1. The Morgan fingerprint density at radius 1 is 0.705 bits per heavy atom. The predicted octanol–water partition coefficient (Wildman–Crippen LogP) is 7.10. The van der Waals surface area contributed by atoms with Gasteiger partial charge in [0.2, 0.25) is 11.8 Å². The van der Waals surface area contributed by atoms with E-state index in [0.717, 1.165) is 50.4 Å². The summed E-state index contributed by atoms with van der Waals surface area (Å²) in [5.74, 6) is -0.151. The highest BCUT2D eigenvalue weighted by Crippen LogP contribution is 2.37. The summed E-state index contributed by atoms with van der Waals surface area (Å²) in [6, 6.07) is 7.39. The lowest BCUT2D eigenvalue weighted by atomic mass is 9.70. The first-order valence-corrected chi connectivity index (χ1v) is 17.0. The monoisotopic (exact) mass is 613 g/mol. The molecular formula is C36H59N3O5. The van der Waals surface area contributed by atoms with Crippen LogP contribution in [-0.4, -0.2) is 42.3 Å². The van der Waals surface area contributed by atoms with Crippen LogP contribution in [-0.2, 0) is 25.7 Å². The van der Waals surface area contributed by atoms with Crippen LogP contribution in [0.1, 0.15) is 124 Å². The highest BCUT2D eigenvalue weighted by molar-refractivity contribution is 5.91. The van der Waals surface area contributed by atoms with Crippen LogP contribution in [0, 0.1) is 23.2 Å². The number of rotatable bonds is 15. The second-order valence-electron chi connectivity index (χ2n) is 14.1. The van der Waals surface area contributed by atoms with E-state index in [-0.39, 0.29) is 36.3 Å². The van der Waals surface area contributed by atoms with Gasteiger partial charge >= 0.3 is 6.09 Å². The van der Waals surface area contributed by atoms with E-state index in [9.17, 15) is 19.2 Å².